The minimum Gasteiger partial charge on any atom is -0.465 e. The number of hydrogen-bond acceptors (Lipinski definition) is 5. The van der Waals surface area contributed by atoms with Crippen LogP contribution in [0.4, 0.5) is 0 Å². The van der Waals surface area contributed by atoms with Crippen LogP contribution in [0.15, 0.2) is 58.6 Å². The lowest BCUT2D eigenvalue weighted by Crippen LogP contribution is -2.02. The van der Waals surface area contributed by atoms with Gasteiger partial charge < -0.3 is 14.0 Å². The molecule has 0 N–H and O–H groups in total. The molecule has 1 aromatic heterocycles. The van der Waals surface area contributed by atoms with Crippen LogP contribution in [0.3, 0.4) is 0 Å². The van der Waals surface area contributed by atoms with E-state index >= 15 is 0 Å². The van der Waals surface area contributed by atoms with Crippen LogP contribution in [0.1, 0.15) is 39.7 Å². The van der Waals surface area contributed by atoms with Crippen molar-refractivity contribution in [2.75, 3.05) is 7.11 Å². The highest BCUT2D eigenvalue weighted by molar-refractivity contribution is 5.99. The molecule has 0 aliphatic rings. The van der Waals surface area contributed by atoms with Crippen LogP contribution >= 0.6 is 0 Å². The molecule has 0 aliphatic heterocycles. The first-order valence-electron chi connectivity index (χ1n) is 8.50. The number of carbonyl (C=O) groups is 1. The molecule has 0 aliphatic carbocycles. The zero-order valence-electron chi connectivity index (χ0n) is 15.8. The van der Waals surface area contributed by atoms with Gasteiger partial charge in [-0.15, -0.1) is 0 Å². The zero-order valence-corrected chi connectivity index (χ0v) is 15.8. The summed E-state index contributed by atoms with van der Waals surface area (Å²) in [4.78, 5) is 16.9. The Labute approximate surface area is 157 Å². The number of hydrogen-bond donors (Lipinski definition) is 0. The largest absolute Gasteiger partial charge is 0.465 e. The lowest BCUT2D eigenvalue weighted by molar-refractivity contribution is 0.0600. The van der Waals surface area contributed by atoms with Crippen LogP contribution < -0.4 is 0 Å². The normalized spacial score (nSPS) is 11.5. The Morgan fingerprint density at radius 1 is 1.04 bits per heavy atom. The summed E-state index contributed by atoms with van der Waals surface area (Å²) in [6.45, 7) is 9.75. The summed E-state index contributed by atoms with van der Waals surface area (Å²) in [5, 5.41) is 5.16. The highest BCUT2D eigenvalue weighted by Gasteiger charge is 2.12. The van der Waals surface area contributed by atoms with E-state index in [0.29, 0.717) is 22.8 Å². The van der Waals surface area contributed by atoms with E-state index in [0.717, 1.165) is 27.7 Å². The molecule has 3 aromatic rings. The van der Waals surface area contributed by atoms with Gasteiger partial charge in [0.25, 0.3) is 0 Å². The van der Waals surface area contributed by atoms with Gasteiger partial charge in [0.05, 0.1) is 18.4 Å². The molecule has 0 atom stereocenters. The van der Waals surface area contributed by atoms with E-state index < -0.39 is 0 Å². The van der Waals surface area contributed by atoms with Crippen molar-refractivity contribution in [3.63, 3.8) is 0 Å². The van der Waals surface area contributed by atoms with Crippen molar-refractivity contribution in [1.29, 1.82) is 0 Å². The maximum Gasteiger partial charge on any atom is 0.337 e. The van der Waals surface area contributed by atoms with Crippen LogP contribution in [-0.4, -0.2) is 18.8 Å². The first-order chi connectivity index (χ1) is 12.9. The molecule has 138 valence electrons. The summed E-state index contributed by atoms with van der Waals surface area (Å²) in [6.07, 6.45) is 0. The lowest BCUT2D eigenvalue weighted by atomic mass is 10.1. The van der Waals surface area contributed by atoms with Crippen molar-refractivity contribution < 1.29 is 18.8 Å². The number of carbonyl (C=O) groups excluding carboxylic acids is 1. The third-order valence-electron chi connectivity index (χ3n) is 4.39. The number of furan rings is 1. The van der Waals surface area contributed by atoms with Gasteiger partial charge in [-0.1, -0.05) is 29.4 Å². The Kier molecular flexibility index (Phi) is 5.12. The Bertz CT molecular complexity index is 1000. The summed E-state index contributed by atoms with van der Waals surface area (Å²) in [5.41, 5.74) is 4.97. The molecule has 2 aromatic carbocycles. The Morgan fingerprint density at radius 3 is 2.30 bits per heavy atom. The quantitative estimate of drug-likeness (QED) is 0.269. The topological polar surface area (TPSA) is 61.0 Å². The van der Waals surface area contributed by atoms with E-state index in [9.17, 15) is 4.79 Å². The highest BCUT2D eigenvalue weighted by atomic mass is 16.6. The number of fused-ring (bicyclic) bond motifs is 1. The summed E-state index contributed by atoms with van der Waals surface area (Å²) in [6, 6.07) is 12.9. The van der Waals surface area contributed by atoms with Gasteiger partial charge in [0, 0.05) is 5.39 Å². The first-order valence-corrected chi connectivity index (χ1v) is 8.50. The molecule has 0 fully saturated rings. The Hall–Kier alpha value is -3.34. The second-order valence-electron chi connectivity index (χ2n) is 6.31. The maximum absolute atomic E-state index is 11.5. The third kappa shape index (κ3) is 3.77. The molecule has 5 heteroatoms. The second-order valence-corrected chi connectivity index (χ2v) is 6.31. The molecule has 0 saturated carbocycles. The van der Waals surface area contributed by atoms with Crippen molar-refractivity contribution in [3.05, 3.63) is 77.1 Å². The molecule has 5 nitrogen and oxygen atoms in total. The van der Waals surface area contributed by atoms with E-state index in [4.69, 9.17) is 14.0 Å². The molecule has 27 heavy (non-hydrogen) atoms. The predicted octanol–water partition coefficient (Wildman–Crippen LogP) is 5.25. The summed E-state index contributed by atoms with van der Waals surface area (Å²) >= 11 is 0. The SMILES string of the molecule is C=C(O/N=C(\C)c1ccc(C(=O)OC)cc1)c1cc2c(C)ccc(C)c2o1. The van der Waals surface area contributed by atoms with Gasteiger partial charge >= 0.3 is 5.97 Å². The first kappa shape index (κ1) is 18.5. The van der Waals surface area contributed by atoms with Gasteiger partial charge in [-0.2, -0.15) is 0 Å². The standard InChI is InChI=1S/C22H21NO4/c1-13-6-7-14(2)21-19(13)12-20(26-21)16(4)27-23-15(3)17-8-10-18(11-9-17)22(24)25-5/h6-12H,4H2,1-3,5H3/b23-15+. The molecule has 0 unspecified atom stereocenters. The number of aryl methyl sites for hydroxylation is 2. The van der Waals surface area contributed by atoms with Crippen molar-refractivity contribution in [2.24, 2.45) is 5.16 Å². The van der Waals surface area contributed by atoms with Crippen LogP contribution in [0, 0.1) is 13.8 Å². The molecule has 3 rings (SSSR count). The van der Waals surface area contributed by atoms with Crippen molar-refractivity contribution in [1.82, 2.24) is 0 Å². The van der Waals surface area contributed by atoms with Crippen molar-refractivity contribution in [3.8, 4) is 0 Å². The molecular weight excluding hydrogens is 342 g/mol. The second kappa shape index (κ2) is 7.50. The molecule has 0 spiro atoms. The number of esters is 1. The monoisotopic (exact) mass is 363 g/mol. The van der Waals surface area contributed by atoms with Gasteiger partial charge in [0.1, 0.15) is 5.58 Å². The number of oxime groups is 1. The average molecular weight is 363 g/mol. The lowest BCUT2D eigenvalue weighted by Gasteiger charge is -2.04. The average Bonchev–Trinajstić information content (AvgIpc) is 3.15. The van der Waals surface area contributed by atoms with E-state index in [1.165, 1.54) is 7.11 Å². The maximum atomic E-state index is 11.5. The molecule has 0 bridgehead atoms. The number of methoxy groups -OCH3 is 1. The van der Waals surface area contributed by atoms with Crippen molar-refractivity contribution in [2.45, 2.75) is 20.8 Å². The molecule has 0 amide bonds. The van der Waals surface area contributed by atoms with Crippen LogP contribution in [-0.2, 0) is 9.57 Å². The fourth-order valence-corrected chi connectivity index (χ4v) is 2.72. The van der Waals surface area contributed by atoms with Gasteiger partial charge in [-0.25, -0.2) is 4.79 Å². The number of benzene rings is 2. The smallest absolute Gasteiger partial charge is 0.337 e. The van der Waals surface area contributed by atoms with E-state index in [1.807, 2.05) is 32.9 Å². The number of nitrogens with zero attached hydrogens (tertiary/aromatic N) is 1. The molecule has 1 heterocycles. The van der Waals surface area contributed by atoms with Gasteiger partial charge in [-0.3, -0.25) is 0 Å². The zero-order chi connectivity index (χ0) is 19.6. The summed E-state index contributed by atoms with van der Waals surface area (Å²) in [5.74, 6) is 0.492. The predicted molar refractivity (Wildman–Crippen MR) is 106 cm³/mol. The fraction of sp³-hybridized carbons (Fsp3) is 0.182. The molecule has 0 saturated heterocycles. The van der Waals surface area contributed by atoms with E-state index in [1.54, 1.807) is 24.3 Å². The minimum absolute atomic E-state index is 0.329. The number of rotatable bonds is 5. The summed E-state index contributed by atoms with van der Waals surface area (Å²) < 4.78 is 10.6. The van der Waals surface area contributed by atoms with Gasteiger partial charge in [0.15, 0.2) is 11.5 Å². The number of ether oxygens (including phenoxy) is 1. The van der Waals surface area contributed by atoms with E-state index in [-0.39, 0.29) is 5.97 Å². The summed E-state index contributed by atoms with van der Waals surface area (Å²) in [7, 11) is 1.35. The molecular formula is C22H21NO4. The van der Waals surface area contributed by atoms with Crippen LogP contribution in [0.2, 0.25) is 0 Å². The minimum atomic E-state index is -0.378. The third-order valence-corrected chi connectivity index (χ3v) is 4.39. The van der Waals surface area contributed by atoms with Gasteiger partial charge in [-0.05, 0) is 62.2 Å². The van der Waals surface area contributed by atoms with Crippen LogP contribution in [0.25, 0.3) is 16.7 Å². The van der Waals surface area contributed by atoms with E-state index in [2.05, 4.69) is 17.8 Å². The van der Waals surface area contributed by atoms with Gasteiger partial charge in [0.2, 0.25) is 0 Å². The van der Waals surface area contributed by atoms with Crippen molar-refractivity contribution >= 4 is 28.4 Å². The molecule has 0 radical (unpaired) electrons. The Morgan fingerprint density at radius 2 is 1.67 bits per heavy atom. The Balaban J connectivity index is 1.77. The fourth-order valence-electron chi connectivity index (χ4n) is 2.72. The van der Waals surface area contributed by atoms with Crippen LogP contribution in [0.5, 0.6) is 0 Å². The highest BCUT2D eigenvalue weighted by Crippen LogP contribution is 2.29.